The lowest BCUT2D eigenvalue weighted by molar-refractivity contribution is -0.141. The second kappa shape index (κ2) is 2.94. The Labute approximate surface area is 77.4 Å². The highest BCUT2D eigenvalue weighted by Crippen LogP contribution is 2.28. The molecule has 2 rings (SSSR count). The van der Waals surface area contributed by atoms with Gasteiger partial charge in [0.15, 0.2) is 0 Å². The van der Waals surface area contributed by atoms with Crippen molar-refractivity contribution in [3.8, 4) is 0 Å². The van der Waals surface area contributed by atoms with Crippen molar-refractivity contribution in [1.82, 2.24) is 9.97 Å². The number of pyridine rings is 2. The third-order valence-electron chi connectivity index (χ3n) is 1.81. The van der Waals surface area contributed by atoms with E-state index in [1.807, 2.05) is 0 Å². The Balaban J connectivity index is 2.63. The molecule has 0 saturated heterocycles. The lowest BCUT2D eigenvalue weighted by Crippen LogP contribution is -2.07. The number of hydrogen-bond donors (Lipinski definition) is 0. The summed E-state index contributed by atoms with van der Waals surface area (Å²) >= 11 is 0. The van der Waals surface area contributed by atoms with Crippen molar-refractivity contribution in [3.63, 3.8) is 0 Å². The molecular weight excluding hydrogens is 193 g/mol. The zero-order chi connectivity index (χ0) is 10.2. The van der Waals surface area contributed by atoms with Crippen molar-refractivity contribution in [2.45, 2.75) is 6.18 Å². The van der Waals surface area contributed by atoms with Crippen LogP contribution in [-0.2, 0) is 6.18 Å². The van der Waals surface area contributed by atoms with E-state index in [0.29, 0.717) is 10.8 Å². The van der Waals surface area contributed by atoms with Gasteiger partial charge in [-0.25, -0.2) is 0 Å². The SMILES string of the molecule is FC(F)(F)c1cc2cnccc2cn1. The molecule has 0 aliphatic rings. The van der Waals surface area contributed by atoms with Crippen LogP contribution in [0.5, 0.6) is 0 Å². The third-order valence-corrected chi connectivity index (χ3v) is 1.81. The molecule has 2 aromatic rings. The fourth-order valence-corrected chi connectivity index (χ4v) is 1.13. The predicted octanol–water partition coefficient (Wildman–Crippen LogP) is 2.65. The van der Waals surface area contributed by atoms with E-state index in [-0.39, 0.29) is 0 Å². The van der Waals surface area contributed by atoms with Gasteiger partial charge in [0, 0.05) is 29.4 Å². The van der Waals surface area contributed by atoms with Gasteiger partial charge in [-0.05, 0) is 12.1 Å². The van der Waals surface area contributed by atoms with E-state index in [4.69, 9.17) is 0 Å². The van der Waals surface area contributed by atoms with E-state index in [2.05, 4.69) is 9.97 Å². The maximum absolute atomic E-state index is 12.2. The number of rotatable bonds is 0. The molecule has 5 heteroatoms. The third kappa shape index (κ3) is 1.53. The van der Waals surface area contributed by atoms with Crippen LogP contribution in [-0.4, -0.2) is 9.97 Å². The van der Waals surface area contributed by atoms with Gasteiger partial charge in [0.25, 0.3) is 0 Å². The van der Waals surface area contributed by atoms with Crippen LogP contribution in [0.15, 0.2) is 30.7 Å². The number of halogens is 3. The van der Waals surface area contributed by atoms with Crippen molar-refractivity contribution in [3.05, 3.63) is 36.4 Å². The average molecular weight is 198 g/mol. The van der Waals surface area contributed by atoms with Gasteiger partial charge < -0.3 is 0 Å². The molecule has 0 spiro atoms. The van der Waals surface area contributed by atoms with E-state index < -0.39 is 11.9 Å². The van der Waals surface area contributed by atoms with Crippen LogP contribution in [0.25, 0.3) is 10.8 Å². The molecular formula is C9H5F3N2. The number of fused-ring (bicyclic) bond motifs is 1. The number of aromatic nitrogens is 2. The molecule has 0 saturated carbocycles. The summed E-state index contributed by atoms with van der Waals surface area (Å²) in [6.07, 6.45) is -0.312. The first kappa shape index (κ1) is 8.93. The summed E-state index contributed by atoms with van der Waals surface area (Å²) in [4.78, 5) is 7.07. The number of alkyl halides is 3. The maximum atomic E-state index is 12.2. The highest BCUT2D eigenvalue weighted by Gasteiger charge is 2.32. The molecule has 72 valence electrons. The fourth-order valence-electron chi connectivity index (χ4n) is 1.13. The first-order valence-electron chi connectivity index (χ1n) is 3.84. The highest BCUT2D eigenvalue weighted by molar-refractivity contribution is 5.80. The Kier molecular flexibility index (Phi) is 1.87. The minimum atomic E-state index is -4.40. The van der Waals surface area contributed by atoms with E-state index >= 15 is 0 Å². The molecule has 2 nitrogen and oxygen atoms in total. The van der Waals surface area contributed by atoms with Gasteiger partial charge in [-0.2, -0.15) is 13.2 Å². The summed E-state index contributed by atoms with van der Waals surface area (Å²) in [5, 5.41) is 1.09. The molecule has 0 amide bonds. The molecule has 2 heterocycles. The number of hydrogen-bond acceptors (Lipinski definition) is 2. The van der Waals surface area contributed by atoms with Crippen molar-refractivity contribution >= 4 is 10.8 Å². The summed E-state index contributed by atoms with van der Waals surface area (Å²) in [6.45, 7) is 0. The molecule has 0 bridgehead atoms. The minimum absolute atomic E-state index is 0.440. The van der Waals surface area contributed by atoms with Gasteiger partial charge >= 0.3 is 6.18 Å². The smallest absolute Gasteiger partial charge is 0.264 e. The van der Waals surface area contributed by atoms with Crippen molar-refractivity contribution in [2.24, 2.45) is 0 Å². The average Bonchev–Trinajstić information content (AvgIpc) is 2.16. The summed E-state index contributed by atoms with van der Waals surface area (Å²) in [5.41, 5.74) is -0.891. The van der Waals surface area contributed by atoms with Crippen molar-refractivity contribution < 1.29 is 13.2 Å². The molecule has 0 aliphatic carbocycles. The monoisotopic (exact) mass is 198 g/mol. The lowest BCUT2D eigenvalue weighted by atomic mass is 10.2. The zero-order valence-electron chi connectivity index (χ0n) is 6.92. The summed E-state index contributed by atoms with van der Waals surface area (Å²) in [7, 11) is 0. The Morgan fingerprint density at radius 1 is 1.07 bits per heavy atom. The van der Waals surface area contributed by atoms with Crippen LogP contribution in [0.4, 0.5) is 13.2 Å². The second-order valence-corrected chi connectivity index (χ2v) is 2.79. The highest BCUT2D eigenvalue weighted by atomic mass is 19.4. The number of nitrogens with zero attached hydrogens (tertiary/aromatic N) is 2. The molecule has 0 N–H and O–H groups in total. The van der Waals surface area contributed by atoms with Crippen LogP contribution >= 0.6 is 0 Å². The van der Waals surface area contributed by atoms with E-state index in [9.17, 15) is 13.2 Å². The first-order valence-corrected chi connectivity index (χ1v) is 3.84. The van der Waals surface area contributed by atoms with E-state index in [1.165, 1.54) is 18.6 Å². The van der Waals surface area contributed by atoms with E-state index in [1.54, 1.807) is 6.07 Å². The van der Waals surface area contributed by atoms with Gasteiger partial charge in [0.05, 0.1) is 0 Å². The lowest BCUT2D eigenvalue weighted by Gasteiger charge is -2.05. The van der Waals surface area contributed by atoms with Crippen LogP contribution in [0.3, 0.4) is 0 Å². The van der Waals surface area contributed by atoms with Gasteiger partial charge in [-0.3, -0.25) is 9.97 Å². The van der Waals surface area contributed by atoms with Crippen LogP contribution in [0, 0.1) is 0 Å². The van der Waals surface area contributed by atoms with Crippen LogP contribution < -0.4 is 0 Å². The topological polar surface area (TPSA) is 25.8 Å². The molecule has 0 radical (unpaired) electrons. The van der Waals surface area contributed by atoms with Crippen LogP contribution in [0.2, 0.25) is 0 Å². The van der Waals surface area contributed by atoms with Gasteiger partial charge in [-0.1, -0.05) is 0 Å². The Bertz CT molecular complexity index is 465. The van der Waals surface area contributed by atoms with Crippen LogP contribution in [0.1, 0.15) is 5.69 Å². The normalized spacial score (nSPS) is 11.9. The molecule has 0 unspecified atom stereocenters. The minimum Gasteiger partial charge on any atom is -0.264 e. The van der Waals surface area contributed by atoms with E-state index in [0.717, 1.165) is 6.07 Å². The maximum Gasteiger partial charge on any atom is 0.433 e. The molecule has 2 aromatic heterocycles. The molecule has 0 aliphatic heterocycles. The molecule has 0 aromatic carbocycles. The summed E-state index contributed by atoms with van der Waals surface area (Å²) in [5.74, 6) is 0. The standard InChI is InChI=1S/C9H5F3N2/c10-9(11,12)8-3-7-4-13-2-1-6(7)5-14-8/h1-5H. The van der Waals surface area contributed by atoms with Gasteiger partial charge in [-0.15, -0.1) is 0 Å². The Hall–Kier alpha value is -1.65. The Morgan fingerprint density at radius 2 is 1.86 bits per heavy atom. The largest absolute Gasteiger partial charge is 0.433 e. The molecule has 0 fully saturated rings. The molecule has 0 atom stereocenters. The Morgan fingerprint density at radius 3 is 2.57 bits per heavy atom. The zero-order valence-corrected chi connectivity index (χ0v) is 6.92. The first-order chi connectivity index (χ1) is 6.57. The predicted molar refractivity (Wildman–Crippen MR) is 44.5 cm³/mol. The quantitative estimate of drug-likeness (QED) is 0.650. The fraction of sp³-hybridized carbons (Fsp3) is 0.111. The van der Waals surface area contributed by atoms with Crippen molar-refractivity contribution in [1.29, 1.82) is 0 Å². The summed E-state index contributed by atoms with van der Waals surface area (Å²) < 4.78 is 36.7. The van der Waals surface area contributed by atoms with Gasteiger partial charge in [0.1, 0.15) is 5.69 Å². The molecule has 14 heavy (non-hydrogen) atoms. The van der Waals surface area contributed by atoms with Crippen molar-refractivity contribution in [2.75, 3.05) is 0 Å². The second-order valence-electron chi connectivity index (χ2n) is 2.79. The van der Waals surface area contributed by atoms with Gasteiger partial charge in [0.2, 0.25) is 0 Å². The summed E-state index contributed by atoms with van der Waals surface area (Å²) in [6, 6.07) is 2.60.